The van der Waals surface area contributed by atoms with E-state index in [9.17, 15) is 4.79 Å². The van der Waals surface area contributed by atoms with Gasteiger partial charge in [0.25, 0.3) is 0 Å². The quantitative estimate of drug-likeness (QED) is 0.814. The van der Waals surface area contributed by atoms with Crippen LogP contribution in [0.5, 0.6) is 0 Å². The number of nitrogens with zero attached hydrogens (tertiary/aromatic N) is 1. The van der Waals surface area contributed by atoms with Crippen molar-refractivity contribution in [1.29, 1.82) is 0 Å². The molecule has 1 aromatic carbocycles. The highest BCUT2D eigenvalue weighted by molar-refractivity contribution is 5.72. The number of rotatable bonds is 6. The topological polar surface area (TPSA) is 55.6 Å². The van der Waals surface area contributed by atoms with Gasteiger partial charge >= 0.3 is 5.97 Å². The van der Waals surface area contributed by atoms with Gasteiger partial charge in [0.1, 0.15) is 0 Å². The van der Waals surface area contributed by atoms with E-state index in [1.807, 2.05) is 18.2 Å². The third-order valence-electron chi connectivity index (χ3n) is 4.59. The number of benzene rings is 1. The van der Waals surface area contributed by atoms with Crippen molar-refractivity contribution < 1.29 is 9.53 Å². The van der Waals surface area contributed by atoms with Crippen LogP contribution in [0.3, 0.4) is 0 Å². The van der Waals surface area contributed by atoms with Crippen molar-refractivity contribution >= 4 is 5.97 Å². The van der Waals surface area contributed by atoms with Crippen LogP contribution in [-0.2, 0) is 22.5 Å². The van der Waals surface area contributed by atoms with E-state index in [2.05, 4.69) is 18.0 Å². The maximum atomic E-state index is 11.5. The molecule has 0 aromatic heterocycles. The molecule has 1 aromatic rings. The summed E-state index contributed by atoms with van der Waals surface area (Å²) in [6.07, 6.45) is 4.05. The number of carbonyl (C=O) groups excluding carboxylic acids is 1. The molecule has 2 rings (SSSR count). The Labute approximate surface area is 127 Å². The first-order valence-corrected chi connectivity index (χ1v) is 7.69. The highest BCUT2D eigenvalue weighted by Gasteiger charge is 2.29. The van der Waals surface area contributed by atoms with Crippen molar-refractivity contribution in [2.75, 3.05) is 20.7 Å². The standard InChI is InChI=1S/C17H26N2O2/c1-19(16-9-5-8-14(16)11-18)12-15-7-4-3-6-13(15)10-17(20)21-2/h3-4,6-7,14,16H,5,8-12,18H2,1-2H3. The molecule has 2 unspecified atom stereocenters. The lowest BCUT2D eigenvalue weighted by molar-refractivity contribution is -0.139. The lowest BCUT2D eigenvalue weighted by Crippen LogP contribution is -2.37. The summed E-state index contributed by atoms with van der Waals surface area (Å²) in [7, 11) is 3.59. The summed E-state index contributed by atoms with van der Waals surface area (Å²) in [6, 6.07) is 8.66. The maximum Gasteiger partial charge on any atom is 0.309 e. The van der Waals surface area contributed by atoms with E-state index in [0.29, 0.717) is 18.4 Å². The Morgan fingerprint density at radius 1 is 1.33 bits per heavy atom. The van der Waals surface area contributed by atoms with Crippen LogP contribution >= 0.6 is 0 Å². The monoisotopic (exact) mass is 290 g/mol. The largest absolute Gasteiger partial charge is 0.469 e. The Hall–Kier alpha value is -1.39. The molecule has 2 N–H and O–H groups in total. The second-order valence-electron chi connectivity index (χ2n) is 5.93. The van der Waals surface area contributed by atoms with Gasteiger partial charge in [0, 0.05) is 12.6 Å². The second-order valence-corrected chi connectivity index (χ2v) is 5.93. The van der Waals surface area contributed by atoms with Gasteiger partial charge in [-0.1, -0.05) is 30.7 Å². The Balaban J connectivity index is 2.06. The molecule has 0 saturated heterocycles. The molecule has 116 valence electrons. The number of ether oxygens (including phenoxy) is 1. The number of hydrogen-bond acceptors (Lipinski definition) is 4. The summed E-state index contributed by atoms with van der Waals surface area (Å²) in [6.45, 7) is 1.62. The Morgan fingerprint density at radius 3 is 2.71 bits per heavy atom. The Kier molecular flexibility index (Phi) is 5.76. The van der Waals surface area contributed by atoms with Gasteiger partial charge in [-0.15, -0.1) is 0 Å². The van der Waals surface area contributed by atoms with Crippen LogP contribution in [0.1, 0.15) is 30.4 Å². The molecule has 0 radical (unpaired) electrons. The van der Waals surface area contributed by atoms with Crippen LogP contribution in [0.4, 0.5) is 0 Å². The molecule has 0 spiro atoms. The summed E-state index contributed by atoms with van der Waals surface area (Å²) < 4.78 is 4.78. The fourth-order valence-corrected chi connectivity index (χ4v) is 3.37. The van der Waals surface area contributed by atoms with Crippen LogP contribution in [0.15, 0.2) is 24.3 Å². The maximum absolute atomic E-state index is 11.5. The van der Waals surface area contributed by atoms with Crippen molar-refractivity contribution in [3.63, 3.8) is 0 Å². The third kappa shape index (κ3) is 4.05. The first-order chi connectivity index (χ1) is 10.2. The van der Waals surface area contributed by atoms with Crippen LogP contribution in [0, 0.1) is 5.92 Å². The van der Waals surface area contributed by atoms with E-state index in [1.165, 1.54) is 31.9 Å². The molecule has 0 bridgehead atoms. The number of carbonyl (C=O) groups is 1. The van der Waals surface area contributed by atoms with Crippen LogP contribution < -0.4 is 5.73 Å². The number of methoxy groups -OCH3 is 1. The van der Waals surface area contributed by atoms with E-state index in [-0.39, 0.29) is 5.97 Å². The van der Waals surface area contributed by atoms with Crippen molar-refractivity contribution in [3.05, 3.63) is 35.4 Å². The lowest BCUT2D eigenvalue weighted by Gasteiger charge is -2.29. The molecule has 2 atom stereocenters. The zero-order chi connectivity index (χ0) is 15.2. The van der Waals surface area contributed by atoms with Gasteiger partial charge in [0.05, 0.1) is 13.5 Å². The van der Waals surface area contributed by atoms with Gasteiger partial charge in [-0.25, -0.2) is 0 Å². The van der Waals surface area contributed by atoms with E-state index in [4.69, 9.17) is 10.5 Å². The smallest absolute Gasteiger partial charge is 0.309 e. The van der Waals surface area contributed by atoms with Crippen molar-refractivity contribution in [3.8, 4) is 0 Å². The molecule has 0 heterocycles. The second kappa shape index (κ2) is 7.57. The molecule has 1 aliphatic rings. The molecule has 1 fully saturated rings. The Morgan fingerprint density at radius 2 is 2.05 bits per heavy atom. The first-order valence-electron chi connectivity index (χ1n) is 7.69. The number of nitrogens with two attached hydrogens (primary N) is 1. The normalized spacial score (nSPS) is 21.7. The van der Waals surface area contributed by atoms with Gasteiger partial charge in [-0.2, -0.15) is 0 Å². The summed E-state index contributed by atoms with van der Waals surface area (Å²) in [5.41, 5.74) is 8.14. The van der Waals surface area contributed by atoms with Crippen LogP contribution in [0.25, 0.3) is 0 Å². The average molecular weight is 290 g/mol. The summed E-state index contributed by atoms with van der Waals surface area (Å²) in [5.74, 6) is 0.411. The van der Waals surface area contributed by atoms with Crippen molar-refractivity contribution in [1.82, 2.24) is 4.90 Å². The van der Waals surface area contributed by atoms with Gasteiger partial charge in [-0.3, -0.25) is 9.69 Å². The number of esters is 1. The molecule has 0 aliphatic heterocycles. The van der Waals surface area contributed by atoms with Crippen LogP contribution in [0.2, 0.25) is 0 Å². The predicted octanol–water partition coefficient (Wildman–Crippen LogP) is 1.96. The van der Waals surface area contributed by atoms with Gasteiger partial charge in [0.15, 0.2) is 0 Å². The van der Waals surface area contributed by atoms with Gasteiger partial charge < -0.3 is 10.5 Å². The first kappa shape index (κ1) is 16.0. The fraction of sp³-hybridized carbons (Fsp3) is 0.588. The minimum Gasteiger partial charge on any atom is -0.469 e. The summed E-state index contributed by atoms with van der Waals surface area (Å²) in [4.78, 5) is 13.9. The van der Waals surface area contributed by atoms with Crippen molar-refractivity contribution in [2.45, 2.75) is 38.3 Å². The van der Waals surface area contributed by atoms with Gasteiger partial charge in [0.2, 0.25) is 0 Å². The average Bonchev–Trinajstić information content (AvgIpc) is 2.97. The SMILES string of the molecule is COC(=O)Cc1ccccc1CN(C)C1CCCC1CN. The minimum absolute atomic E-state index is 0.189. The van der Waals surface area contributed by atoms with E-state index in [1.54, 1.807) is 0 Å². The lowest BCUT2D eigenvalue weighted by atomic mass is 10.00. The zero-order valence-corrected chi connectivity index (χ0v) is 13.0. The van der Waals surface area contributed by atoms with E-state index >= 15 is 0 Å². The van der Waals surface area contributed by atoms with Gasteiger partial charge in [-0.05, 0) is 43.5 Å². The van der Waals surface area contributed by atoms with E-state index < -0.39 is 0 Å². The molecule has 4 nitrogen and oxygen atoms in total. The Bertz CT molecular complexity index is 476. The van der Waals surface area contributed by atoms with E-state index in [0.717, 1.165) is 18.7 Å². The third-order valence-corrected chi connectivity index (χ3v) is 4.59. The fourth-order valence-electron chi connectivity index (χ4n) is 3.37. The molecule has 0 amide bonds. The highest BCUT2D eigenvalue weighted by Crippen LogP contribution is 2.29. The number of hydrogen-bond donors (Lipinski definition) is 1. The molecule has 1 saturated carbocycles. The zero-order valence-electron chi connectivity index (χ0n) is 13.0. The molecule has 1 aliphatic carbocycles. The van der Waals surface area contributed by atoms with Crippen LogP contribution in [-0.4, -0.2) is 37.6 Å². The summed E-state index contributed by atoms with van der Waals surface area (Å²) in [5, 5.41) is 0. The predicted molar refractivity (Wildman–Crippen MR) is 83.8 cm³/mol. The minimum atomic E-state index is -0.189. The molecule has 21 heavy (non-hydrogen) atoms. The molecular weight excluding hydrogens is 264 g/mol. The molecular formula is C17H26N2O2. The highest BCUT2D eigenvalue weighted by atomic mass is 16.5. The summed E-state index contributed by atoms with van der Waals surface area (Å²) >= 11 is 0. The molecule has 4 heteroatoms. The van der Waals surface area contributed by atoms with Crippen molar-refractivity contribution in [2.24, 2.45) is 11.7 Å².